The minimum absolute atomic E-state index is 0.00162. The van der Waals surface area contributed by atoms with Crippen LogP contribution in [0.5, 0.6) is 17.2 Å². The second kappa shape index (κ2) is 22.7. The molecule has 0 aliphatic carbocycles. The van der Waals surface area contributed by atoms with Crippen LogP contribution in [0.1, 0.15) is 50.7 Å². The molecule has 0 fully saturated rings. The van der Waals surface area contributed by atoms with Crippen LogP contribution in [0.25, 0.3) is 0 Å². The van der Waals surface area contributed by atoms with E-state index >= 15 is 0 Å². The molecule has 5 rings (SSSR count). The van der Waals surface area contributed by atoms with E-state index in [0.717, 1.165) is 17.5 Å². The Bertz CT molecular complexity index is 1850. The van der Waals surface area contributed by atoms with Crippen LogP contribution in [0.4, 0.5) is 4.79 Å². The van der Waals surface area contributed by atoms with Crippen molar-refractivity contribution in [1.29, 1.82) is 0 Å². The summed E-state index contributed by atoms with van der Waals surface area (Å²) in [4.78, 5) is 30.6. The predicted octanol–water partition coefficient (Wildman–Crippen LogP) is 7.14. The van der Waals surface area contributed by atoms with E-state index < -0.39 is 42.6 Å². The second-order valence-electron chi connectivity index (χ2n) is 13.5. The number of hydrogen-bond acceptors (Lipinski definition) is 11. The average Bonchev–Trinajstić information content (AvgIpc) is 3.24. The molecule has 12 nitrogen and oxygen atoms in total. The highest BCUT2D eigenvalue weighted by molar-refractivity contribution is 5.85. The minimum Gasteiger partial charge on any atom is -0.497 e. The summed E-state index contributed by atoms with van der Waals surface area (Å²) in [5, 5.41) is 6.89. The highest BCUT2D eigenvalue weighted by Crippen LogP contribution is 2.25. The van der Waals surface area contributed by atoms with Gasteiger partial charge < -0.3 is 43.3 Å². The normalized spacial score (nSPS) is 21.4. The zero-order valence-electron chi connectivity index (χ0n) is 33.0. The van der Waals surface area contributed by atoms with Crippen molar-refractivity contribution in [3.63, 3.8) is 0 Å². The first-order chi connectivity index (χ1) is 27.8. The first kappa shape index (κ1) is 42.4. The van der Waals surface area contributed by atoms with E-state index in [2.05, 4.69) is 22.3 Å². The lowest BCUT2D eigenvalue weighted by atomic mass is 10.1. The Morgan fingerprint density at radius 1 is 0.789 bits per heavy atom. The molecule has 2 aliphatic rings. The van der Waals surface area contributed by atoms with Crippen LogP contribution in [0, 0.1) is 18.8 Å². The molecule has 3 aromatic rings. The molecule has 1 N–H and O–H groups in total. The lowest BCUT2D eigenvalue weighted by Crippen LogP contribution is -2.43. The Morgan fingerprint density at radius 3 is 2.14 bits per heavy atom. The summed E-state index contributed by atoms with van der Waals surface area (Å²) in [6.07, 6.45) is 5.90. The molecular formula is C45H52N2O10. The molecule has 0 unspecified atom stereocenters. The summed E-state index contributed by atoms with van der Waals surface area (Å²) < 4.78 is 41.2. The van der Waals surface area contributed by atoms with Gasteiger partial charge in [-0.15, -0.1) is 0 Å². The quantitative estimate of drug-likeness (QED) is 0.0355. The second-order valence-corrected chi connectivity index (χ2v) is 13.5. The van der Waals surface area contributed by atoms with Crippen molar-refractivity contribution >= 4 is 17.8 Å². The van der Waals surface area contributed by atoms with Crippen LogP contribution in [0.15, 0.2) is 108 Å². The number of amides is 1. The van der Waals surface area contributed by atoms with Crippen LogP contribution in [-0.2, 0) is 28.6 Å². The van der Waals surface area contributed by atoms with Crippen molar-refractivity contribution in [1.82, 2.24) is 5.32 Å². The number of rotatable bonds is 18. The van der Waals surface area contributed by atoms with Crippen LogP contribution < -0.4 is 19.5 Å². The molecule has 12 heteroatoms. The first-order valence-corrected chi connectivity index (χ1v) is 19.3. The number of carbonyl (C=O) groups excluding carboxylic acids is 2. The van der Waals surface area contributed by atoms with Gasteiger partial charge >= 0.3 is 12.1 Å². The fraction of sp³-hybridized carbons (Fsp3) is 0.400. The van der Waals surface area contributed by atoms with Crippen LogP contribution in [-0.4, -0.2) is 87.9 Å². The molecule has 0 radical (unpaired) electrons. The van der Waals surface area contributed by atoms with Crippen molar-refractivity contribution in [2.45, 2.75) is 83.1 Å². The molecule has 0 bridgehead atoms. The number of alkyl carbamates (subject to hydrolysis) is 1. The van der Waals surface area contributed by atoms with Crippen molar-refractivity contribution < 1.29 is 47.6 Å². The number of benzene rings is 3. The summed E-state index contributed by atoms with van der Waals surface area (Å²) in [7, 11) is 1.60. The van der Waals surface area contributed by atoms with Crippen molar-refractivity contribution in [3.8, 4) is 29.1 Å². The minimum atomic E-state index is -0.571. The highest BCUT2D eigenvalue weighted by atomic mass is 16.6. The molecule has 0 aromatic heterocycles. The predicted molar refractivity (Wildman–Crippen MR) is 215 cm³/mol. The summed E-state index contributed by atoms with van der Waals surface area (Å²) >= 11 is 0. The summed E-state index contributed by atoms with van der Waals surface area (Å²) in [5.74, 6) is 7.90. The average molecular weight is 781 g/mol. The van der Waals surface area contributed by atoms with E-state index in [4.69, 9.17) is 38.0 Å². The number of nitrogens with one attached hydrogen (secondary N) is 1. The molecule has 0 spiro atoms. The fourth-order valence-electron chi connectivity index (χ4n) is 5.69. The summed E-state index contributed by atoms with van der Waals surface area (Å²) in [6.45, 7) is 6.53. The van der Waals surface area contributed by atoms with Gasteiger partial charge in [0.25, 0.3) is 0 Å². The molecule has 0 saturated heterocycles. The maximum atomic E-state index is 12.8. The number of carbonyl (C=O) groups is 2. The molecule has 2 heterocycles. The van der Waals surface area contributed by atoms with Crippen molar-refractivity contribution in [2.24, 2.45) is 5.16 Å². The van der Waals surface area contributed by atoms with Gasteiger partial charge in [-0.25, -0.2) is 4.79 Å². The van der Waals surface area contributed by atoms with E-state index in [9.17, 15) is 9.59 Å². The molecule has 302 valence electrons. The first-order valence-electron chi connectivity index (χ1n) is 19.3. The van der Waals surface area contributed by atoms with Crippen LogP contribution in [0.3, 0.4) is 0 Å². The Kier molecular flexibility index (Phi) is 16.9. The lowest BCUT2D eigenvalue weighted by molar-refractivity contribution is -0.151. The SMILES string of the molecule is CCCNC(=O)OC[C@@H]1O[C@H](CCO/N=C(\C)CCC(=O)OC[C@@H]2O[C@H](C#Cc3ccccc3)C=C[C@@H]2Oc2ccc(C)cc2)C=C[C@@H]1Oc1ccc(OC)cc1. The van der Waals surface area contributed by atoms with E-state index in [1.54, 1.807) is 38.3 Å². The van der Waals surface area contributed by atoms with E-state index in [-0.39, 0.29) is 32.3 Å². The number of nitrogens with zero attached hydrogens (tertiary/aromatic N) is 1. The Hall–Kier alpha value is -5.77. The molecule has 57 heavy (non-hydrogen) atoms. The van der Waals surface area contributed by atoms with E-state index in [0.29, 0.717) is 42.3 Å². The lowest BCUT2D eigenvalue weighted by Gasteiger charge is -2.32. The maximum Gasteiger partial charge on any atom is 0.407 e. The summed E-state index contributed by atoms with van der Waals surface area (Å²) in [6, 6.07) is 24.6. The number of ether oxygens (including phenoxy) is 7. The van der Waals surface area contributed by atoms with E-state index in [1.807, 2.05) is 92.7 Å². The van der Waals surface area contributed by atoms with Gasteiger partial charge in [0, 0.05) is 18.5 Å². The highest BCUT2D eigenvalue weighted by Gasteiger charge is 2.31. The van der Waals surface area contributed by atoms with Gasteiger partial charge in [-0.1, -0.05) is 65.9 Å². The zero-order valence-corrected chi connectivity index (χ0v) is 33.0. The zero-order chi connectivity index (χ0) is 40.2. The van der Waals surface area contributed by atoms with Crippen molar-refractivity contribution in [2.75, 3.05) is 33.5 Å². The van der Waals surface area contributed by atoms with Gasteiger partial charge in [0.15, 0.2) is 0 Å². The number of methoxy groups -OCH3 is 1. The molecule has 6 atom stereocenters. The third-order valence-corrected chi connectivity index (χ3v) is 8.86. The van der Waals surface area contributed by atoms with Crippen LogP contribution >= 0.6 is 0 Å². The standard InChI is InChI=1S/C45H52N2O10/c1-5-28-46-45(49)52-31-43-41(55-38-20-18-35(50-4)19-21-38)25-23-39(57-43)27-29-53-47-33(3)13-26-44(48)51-30-42-40(54-36-15-11-32(2)12-16-36)24-22-37(56-42)17-14-34-9-7-6-8-10-34/h6-12,15-16,18-25,37,39-43H,5,13,26-31H2,1-4H3,(H,46,49)/b47-33+/t37-,39+,40+,41+,42+,43+/m1/s1. The number of hydrogen-bond donors (Lipinski definition) is 1. The molecular weight excluding hydrogens is 728 g/mol. The van der Waals surface area contributed by atoms with Gasteiger partial charge in [-0.3, -0.25) is 4.79 Å². The molecule has 3 aromatic carbocycles. The number of aryl methyl sites for hydroxylation is 1. The summed E-state index contributed by atoms with van der Waals surface area (Å²) in [5.41, 5.74) is 2.64. The van der Waals surface area contributed by atoms with E-state index in [1.165, 1.54) is 0 Å². The third kappa shape index (κ3) is 14.7. The molecule has 0 saturated carbocycles. The smallest absolute Gasteiger partial charge is 0.407 e. The largest absolute Gasteiger partial charge is 0.497 e. The molecule has 2 aliphatic heterocycles. The van der Waals surface area contributed by atoms with Gasteiger partial charge in [0.1, 0.15) is 67.6 Å². The molecule has 1 amide bonds. The monoisotopic (exact) mass is 780 g/mol. The van der Waals surface area contributed by atoms with Crippen LogP contribution in [0.2, 0.25) is 0 Å². The number of esters is 1. The van der Waals surface area contributed by atoms with Gasteiger partial charge in [-0.05, 0) is 93.4 Å². The number of oxime groups is 1. The Balaban J connectivity index is 1.07. The van der Waals surface area contributed by atoms with Gasteiger partial charge in [0.05, 0.1) is 25.3 Å². The van der Waals surface area contributed by atoms with Crippen molar-refractivity contribution in [3.05, 3.63) is 114 Å². The maximum absolute atomic E-state index is 12.8. The Labute approximate surface area is 335 Å². The Morgan fingerprint density at radius 2 is 1.44 bits per heavy atom. The topological polar surface area (TPSA) is 132 Å². The van der Waals surface area contributed by atoms with Gasteiger partial charge in [0.2, 0.25) is 0 Å². The third-order valence-electron chi connectivity index (χ3n) is 8.86. The fourth-order valence-corrected chi connectivity index (χ4v) is 5.69. The van der Waals surface area contributed by atoms with Gasteiger partial charge in [-0.2, -0.15) is 0 Å².